The molecule has 1 aliphatic rings. The van der Waals surface area contributed by atoms with Gasteiger partial charge in [-0.25, -0.2) is 4.98 Å². The number of rotatable bonds is 3. The number of nitrogens with two attached hydrogens (primary N) is 2. The number of nitrogens with one attached hydrogen (secondary N) is 1. The van der Waals surface area contributed by atoms with Gasteiger partial charge >= 0.3 is 0 Å². The predicted molar refractivity (Wildman–Crippen MR) is 118 cm³/mol. The minimum Gasteiger partial charge on any atom is -0.399 e. The Labute approximate surface area is 169 Å². The topological polar surface area (TPSA) is 97.5 Å². The molecule has 1 saturated heterocycles. The summed E-state index contributed by atoms with van der Waals surface area (Å²) in [6, 6.07) is 16.2. The lowest BCUT2D eigenvalue weighted by molar-refractivity contribution is 0.589. The van der Waals surface area contributed by atoms with E-state index in [1.54, 1.807) is 10.7 Å². The van der Waals surface area contributed by atoms with E-state index in [9.17, 15) is 0 Å². The lowest BCUT2D eigenvalue weighted by atomic mass is 10.1. The fourth-order valence-electron chi connectivity index (χ4n) is 3.81. The molecule has 4 aromatic rings. The van der Waals surface area contributed by atoms with Gasteiger partial charge in [-0.05, 0) is 35.4 Å². The van der Waals surface area contributed by atoms with Gasteiger partial charge in [0.1, 0.15) is 5.82 Å². The Morgan fingerprint density at radius 3 is 2.17 bits per heavy atom. The summed E-state index contributed by atoms with van der Waals surface area (Å²) in [5.74, 6) is 0.559. The molecule has 0 bridgehead atoms. The molecule has 0 aliphatic carbocycles. The third-order valence-electron chi connectivity index (χ3n) is 5.45. The fraction of sp³-hybridized carbons (Fsp3) is 0.182. The minimum absolute atomic E-state index is 0.559. The predicted octanol–water partition coefficient (Wildman–Crippen LogP) is 2.64. The van der Waals surface area contributed by atoms with Gasteiger partial charge in [-0.2, -0.15) is 9.61 Å². The molecule has 146 valence electrons. The number of hydrogen-bond donors (Lipinski definition) is 3. The number of nitrogen functional groups attached to an aromatic ring is 2. The van der Waals surface area contributed by atoms with Crippen molar-refractivity contribution in [1.29, 1.82) is 0 Å². The Hall–Kier alpha value is -3.58. The van der Waals surface area contributed by atoms with E-state index < -0.39 is 0 Å². The average Bonchev–Trinajstić information content (AvgIpc) is 3.21. The van der Waals surface area contributed by atoms with Gasteiger partial charge in [0.25, 0.3) is 0 Å². The number of hydrogen-bond acceptors (Lipinski definition) is 6. The number of anilines is 3. The Morgan fingerprint density at radius 2 is 1.45 bits per heavy atom. The van der Waals surface area contributed by atoms with Crippen LogP contribution in [-0.2, 0) is 0 Å². The van der Waals surface area contributed by atoms with Crippen molar-refractivity contribution >= 4 is 22.8 Å². The first-order valence-electron chi connectivity index (χ1n) is 9.75. The highest BCUT2D eigenvalue weighted by Gasteiger charge is 2.15. The summed E-state index contributed by atoms with van der Waals surface area (Å²) in [5, 5.41) is 7.88. The highest BCUT2D eigenvalue weighted by molar-refractivity contribution is 5.82. The van der Waals surface area contributed by atoms with E-state index in [1.807, 2.05) is 30.5 Å². The first-order valence-corrected chi connectivity index (χ1v) is 9.75. The molecule has 0 atom stereocenters. The van der Waals surface area contributed by atoms with Crippen LogP contribution in [0.5, 0.6) is 0 Å². The summed E-state index contributed by atoms with van der Waals surface area (Å²) < 4.78 is 1.70. The van der Waals surface area contributed by atoms with Crippen LogP contribution in [-0.4, -0.2) is 40.8 Å². The standard InChI is InChI=1S/C22H23N7/c23-17-5-1-15(2-6-17)19-13-26-22-20(14-27-29(22)21(19)24)16-3-7-18(8-4-16)28-11-9-25-10-12-28/h1-8,13-14,25H,9-12,23-24H2. The van der Waals surface area contributed by atoms with E-state index in [1.165, 1.54) is 5.69 Å². The maximum atomic E-state index is 6.42. The molecule has 1 aliphatic heterocycles. The van der Waals surface area contributed by atoms with Crippen molar-refractivity contribution in [1.82, 2.24) is 19.9 Å². The van der Waals surface area contributed by atoms with Crippen molar-refractivity contribution < 1.29 is 0 Å². The monoisotopic (exact) mass is 385 g/mol. The number of piperazine rings is 1. The summed E-state index contributed by atoms with van der Waals surface area (Å²) >= 11 is 0. The van der Waals surface area contributed by atoms with Crippen LogP contribution >= 0.6 is 0 Å². The van der Waals surface area contributed by atoms with Gasteiger partial charge in [0.15, 0.2) is 5.65 Å². The molecule has 1 fully saturated rings. The van der Waals surface area contributed by atoms with Gasteiger partial charge in [0.2, 0.25) is 0 Å². The van der Waals surface area contributed by atoms with Gasteiger partial charge in [-0.1, -0.05) is 24.3 Å². The molecule has 7 nitrogen and oxygen atoms in total. The summed E-state index contributed by atoms with van der Waals surface area (Å²) in [6.45, 7) is 4.11. The smallest absolute Gasteiger partial charge is 0.165 e. The van der Waals surface area contributed by atoms with Crippen molar-refractivity contribution in [3.63, 3.8) is 0 Å². The number of benzene rings is 2. The molecule has 29 heavy (non-hydrogen) atoms. The zero-order chi connectivity index (χ0) is 19.8. The average molecular weight is 385 g/mol. The lowest BCUT2D eigenvalue weighted by Crippen LogP contribution is -2.43. The van der Waals surface area contributed by atoms with Crippen molar-refractivity contribution in [3.8, 4) is 22.3 Å². The molecule has 2 aromatic carbocycles. The molecular weight excluding hydrogens is 362 g/mol. The second kappa shape index (κ2) is 7.10. The quantitative estimate of drug-likeness (QED) is 0.469. The normalized spacial score (nSPS) is 14.4. The zero-order valence-electron chi connectivity index (χ0n) is 16.0. The van der Waals surface area contributed by atoms with Crippen molar-refractivity contribution in [2.24, 2.45) is 0 Å². The Morgan fingerprint density at radius 1 is 0.793 bits per heavy atom. The number of fused-ring (bicyclic) bond motifs is 1. The summed E-state index contributed by atoms with van der Waals surface area (Å²) in [5.41, 5.74) is 18.7. The maximum Gasteiger partial charge on any atom is 0.165 e. The molecular formula is C22H23N7. The highest BCUT2D eigenvalue weighted by Crippen LogP contribution is 2.31. The number of aromatic nitrogens is 3. The molecule has 3 heterocycles. The van der Waals surface area contributed by atoms with Crippen LogP contribution in [0.4, 0.5) is 17.2 Å². The molecule has 2 aromatic heterocycles. The van der Waals surface area contributed by atoms with E-state index in [-0.39, 0.29) is 0 Å². The van der Waals surface area contributed by atoms with Crippen LogP contribution < -0.4 is 21.7 Å². The first kappa shape index (κ1) is 17.5. The van der Waals surface area contributed by atoms with Crippen LogP contribution in [0.2, 0.25) is 0 Å². The Kier molecular flexibility index (Phi) is 4.29. The van der Waals surface area contributed by atoms with Crippen molar-refractivity contribution in [3.05, 3.63) is 60.9 Å². The SMILES string of the molecule is Nc1ccc(-c2cnc3c(-c4ccc(N5CCNCC5)cc4)cnn3c2N)cc1. The second-order valence-corrected chi connectivity index (χ2v) is 7.26. The maximum absolute atomic E-state index is 6.42. The van der Waals surface area contributed by atoms with Crippen LogP contribution in [0.1, 0.15) is 0 Å². The van der Waals surface area contributed by atoms with Crippen LogP contribution in [0, 0.1) is 0 Å². The lowest BCUT2D eigenvalue weighted by Gasteiger charge is -2.29. The van der Waals surface area contributed by atoms with Gasteiger partial charge < -0.3 is 21.7 Å². The fourth-order valence-corrected chi connectivity index (χ4v) is 3.81. The largest absolute Gasteiger partial charge is 0.399 e. The number of nitrogens with zero attached hydrogens (tertiary/aromatic N) is 4. The molecule has 0 unspecified atom stereocenters. The van der Waals surface area contributed by atoms with Gasteiger partial charge in [-0.3, -0.25) is 0 Å². The molecule has 7 heteroatoms. The molecule has 0 amide bonds. The van der Waals surface area contributed by atoms with Gasteiger partial charge in [-0.15, -0.1) is 0 Å². The van der Waals surface area contributed by atoms with Crippen LogP contribution in [0.15, 0.2) is 60.9 Å². The van der Waals surface area contributed by atoms with Crippen molar-refractivity contribution in [2.45, 2.75) is 0 Å². The van der Waals surface area contributed by atoms with E-state index >= 15 is 0 Å². The zero-order valence-corrected chi connectivity index (χ0v) is 16.0. The van der Waals surface area contributed by atoms with Crippen molar-refractivity contribution in [2.75, 3.05) is 42.5 Å². The molecule has 5 rings (SSSR count). The van der Waals surface area contributed by atoms with E-state index in [0.29, 0.717) is 11.5 Å². The molecule has 0 spiro atoms. The van der Waals surface area contributed by atoms with Crippen LogP contribution in [0.25, 0.3) is 27.9 Å². The van der Waals surface area contributed by atoms with E-state index in [0.717, 1.165) is 54.1 Å². The Bertz CT molecular complexity index is 1140. The highest BCUT2D eigenvalue weighted by atomic mass is 15.3. The van der Waals surface area contributed by atoms with Crippen LogP contribution in [0.3, 0.4) is 0 Å². The Balaban J connectivity index is 1.50. The minimum atomic E-state index is 0.559. The van der Waals surface area contributed by atoms with Gasteiger partial charge in [0.05, 0.1) is 6.20 Å². The van der Waals surface area contributed by atoms with E-state index in [2.05, 4.69) is 44.6 Å². The summed E-state index contributed by atoms with van der Waals surface area (Å²) in [6.07, 6.45) is 3.63. The molecule has 5 N–H and O–H groups in total. The van der Waals surface area contributed by atoms with Gasteiger partial charge in [0, 0.05) is 54.9 Å². The molecule has 0 saturated carbocycles. The third kappa shape index (κ3) is 3.15. The van der Waals surface area contributed by atoms with E-state index in [4.69, 9.17) is 11.5 Å². The summed E-state index contributed by atoms with van der Waals surface area (Å²) in [4.78, 5) is 7.05. The summed E-state index contributed by atoms with van der Waals surface area (Å²) in [7, 11) is 0. The second-order valence-electron chi connectivity index (χ2n) is 7.26. The first-order chi connectivity index (χ1) is 14.2. The molecule has 0 radical (unpaired) electrons. The third-order valence-corrected chi connectivity index (χ3v) is 5.45.